The van der Waals surface area contributed by atoms with Gasteiger partial charge in [0.1, 0.15) is 0 Å². The SMILES string of the molecule is CC1CCCC(C)(C)C1(O[Si](C)(C)C(C)(C)C)C(C)(C)C. The number of rotatable bonds is 2. The zero-order valence-corrected chi connectivity index (χ0v) is 17.6. The van der Waals surface area contributed by atoms with Crippen LogP contribution in [-0.4, -0.2) is 13.9 Å². The first-order valence-corrected chi connectivity index (χ1v) is 11.7. The van der Waals surface area contributed by atoms with Crippen LogP contribution in [0.2, 0.25) is 18.1 Å². The zero-order chi connectivity index (χ0) is 16.9. The molecule has 126 valence electrons. The van der Waals surface area contributed by atoms with Gasteiger partial charge >= 0.3 is 0 Å². The summed E-state index contributed by atoms with van der Waals surface area (Å²) in [5.41, 5.74) is 0.367. The van der Waals surface area contributed by atoms with E-state index in [-0.39, 0.29) is 21.5 Å². The lowest BCUT2D eigenvalue weighted by Gasteiger charge is -2.64. The van der Waals surface area contributed by atoms with Gasteiger partial charge in [-0.25, -0.2) is 0 Å². The Balaban J connectivity index is 3.42. The highest BCUT2D eigenvalue weighted by Gasteiger charge is 2.61. The van der Waals surface area contributed by atoms with Gasteiger partial charge in [0.2, 0.25) is 0 Å². The minimum atomic E-state index is -1.81. The van der Waals surface area contributed by atoms with Gasteiger partial charge in [0, 0.05) is 0 Å². The molecule has 0 aliphatic heterocycles. The van der Waals surface area contributed by atoms with Crippen molar-refractivity contribution in [3.63, 3.8) is 0 Å². The first kappa shape index (κ1) is 19.2. The fraction of sp³-hybridized carbons (Fsp3) is 1.00. The number of hydrogen-bond donors (Lipinski definition) is 0. The highest BCUT2D eigenvalue weighted by Crippen LogP contribution is 2.60. The summed E-state index contributed by atoms with van der Waals surface area (Å²) in [6.45, 7) is 26.4. The molecule has 0 saturated heterocycles. The lowest BCUT2D eigenvalue weighted by Crippen LogP contribution is -2.66. The maximum absolute atomic E-state index is 7.26. The molecule has 0 heterocycles. The van der Waals surface area contributed by atoms with Crippen molar-refractivity contribution in [2.45, 2.75) is 105 Å². The van der Waals surface area contributed by atoms with E-state index in [2.05, 4.69) is 75.4 Å². The molecule has 0 aromatic carbocycles. The molecule has 1 rings (SSSR count). The Morgan fingerprint density at radius 1 is 1.00 bits per heavy atom. The van der Waals surface area contributed by atoms with E-state index < -0.39 is 8.32 Å². The van der Waals surface area contributed by atoms with Crippen LogP contribution >= 0.6 is 0 Å². The van der Waals surface area contributed by atoms with Crippen LogP contribution in [-0.2, 0) is 4.43 Å². The smallest absolute Gasteiger partial charge is 0.192 e. The van der Waals surface area contributed by atoms with Gasteiger partial charge in [0.15, 0.2) is 8.32 Å². The third-order valence-corrected chi connectivity index (χ3v) is 10.9. The Labute approximate surface area is 135 Å². The summed E-state index contributed by atoms with van der Waals surface area (Å²) < 4.78 is 7.26. The molecule has 2 heteroatoms. The minimum absolute atomic E-state index is 0.0265. The molecule has 1 aliphatic carbocycles. The molecule has 1 fully saturated rings. The minimum Gasteiger partial charge on any atom is -0.410 e. The Bertz CT molecular complexity index is 370. The second-order valence-corrected chi connectivity index (χ2v) is 15.2. The van der Waals surface area contributed by atoms with E-state index in [1.54, 1.807) is 0 Å². The molecule has 0 aromatic rings. The highest BCUT2D eigenvalue weighted by atomic mass is 28.4. The molecular formula is C19H40OSi. The maximum Gasteiger partial charge on any atom is 0.192 e. The molecule has 0 amide bonds. The maximum atomic E-state index is 7.26. The Hall–Kier alpha value is 0.177. The lowest BCUT2D eigenvalue weighted by molar-refractivity contribution is -0.186. The van der Waals surface area contributed by atoms with Gasteiger partial charge in [-0.05, 0) is 47.7 Å². The van der Waals surface area contributed by atoms with Crippen LogP contribution in [0.4, 0.5) is 0 Å². The third-order valence-electron chi connectivity index (χ3n) is 6.47. The van der Waals surface area contributed by atoms with Gasteiger partial charge in [-0.1, -0.05) is 68.7 Å². The van der Waals surface area contributed by atoms with Crippen LogP contribution in [0.25, 0.3) is 0 Å². The summed E-state index contributed by atoms with van der Waals surface area (Å²) in [5, 5.41) is 0.262. The summed E-state index contributed by atoms with van der Waals surface area (Å²) in [7, 11) is -1.81. The average Bonchev–Trinajstić information content (AvgIpc) is 2.19. The monoisotopic (exact) mass is 312 g/mol. The summed E-state index contributed by atoms with van der Waals surface area (Å²) in [6.07, 6.45) is 3.92. The molecule has 1 nitrogen and oxygen atoms in total. The highest BCUT2D eigenvalue weighted by molar-refractivity contribution is 6.74. The van der Waals surface area contributed by atoms with Crippen molar-refractivity contribution >= 4 is 8.32 Å². The second-order valence-electron chi connectivity index (χ2n) is 10.5. The summed E-state index contributed by atoms with van der Waals surface area (Å²) in [4.78, 5) is 0. The normalized spacial score (nSPS) is 31.3. The summed E-state index contributed by atoms with van der Waals surface area (Å²) >= 11 is 0. The summed E-state index contributed by atoms with van der Waals surface area (Å²) in [5.74, 6) is 0.621. The van der Waals surface area contributed by atoms with Crippen molar-refractivity contribution < 1.29 is 4.43 Å². The van der Waals surface area contributed by atoms with E-state index in [1.165, 1.54) is 19.3 Å². The van der Waals surface area contributed by atoms with Crippen LogP contribution in [0.5, 0.6) is 0 Å². The predicted octanol–water partition coefficient (Wildman–Crippen LogP) is 6.64. The first-order chi connectivity index (χ1) is 9.08. The molecule has 0 bridgehead atoms. The van der Waals surface area contributed by atoms with Crippen molar-refractivity contribution in [1.29, 1.82) is 0 Å². The zero-order valence-electron chi connectivity index (χ0n) is 16.6. The van der Waals surface area contributed by atoms with Gasteiger partial charge in [0.25, 0.3) is 0 Å². The van der Waals surface area contributed by atoms with Gasteiger partial charge in [-0.2, -0.15) is 0 Å². The van der Waals surface area contributed by atoms with E-state index in [9.17, 15) is 0 Å². The standard InChI is InChI=1S/C19H40OSi/c1-15-13-12-14-18(8,9)19(15,16(2,3)4)20-21(10,11)17(5,6)7/h15H,12-14H2,1-11H3. The predicted molar refractivity (Wildman–Crippen MR) is 97.3 cm³/mol. The van der Waals surface area contributed by atoms with E-state index in [0.29, 0.717) is 5.92 Å². The van der Waals surface area contributed by atoms with E-state index in [1.807, 2.05) is 0 Å². The average molecular weight is 313 g/mol. The topological polar surface area (TPSA) is 9.23 Å². The molecule has 21 heavy (non-hydrogen) atoms. The van der Waals surface area contributed by atoms with Crippen LogP contribution < -0.4 is 0 Å². The molecule has 0 spiro atoms. The van der Waals surface area contributed by atoms with Gasteiger partial charge in [-0.15, -0.1) is 0 Å². The molecule has 0 radical (unpaired) electrons. The van der Waals surface area contributed by atoms with Crippen molar-refractivity contribution in [3.8, 4) is 0 Å². The molecular weight excluding hydrogens is 272 g/mol. The fourth-order valence-corrected chi connectivity index (χ4v) is 6.50. The van der Waals surface area contributed by atoms with E-state index in [4.69, 9.17) is 4.43 Å². The van der Waals surface area contributed by atoms with Crippen molar-refractivity contribution in [3.05, 3.63) is 0 Å². The first-order valence-electron chi connectivity index (χ1n) is 8.79. The van der Waals surface area contributed by atoms with Crippen LogP contribution in [0, 0.1) is 16.7 Å². The number of hydrogen-bond acceptors (Lipinski definition) is 1. The van der Waals surface area contributed by atoms with Crippen molar-refractivity contribution in [1.82, 2.24) is 0 Å². The third kappa shape index (κ3) is 3.13. The molecule has 2 unspecified atom stereocenters. The summed E-state index contributed by atoms with van der Waals surface area (Å²) in [6, 6.07) is 0. The van der Waals surface area contributed by atoms with Gasteiger partial charge in [-0.3, -0.25) is 0 Å². The lowest BCUT2D eigenvalue weighted by atomic mass is 9.52. The van der Waals surface area contributed by atoms with Gasteiger partial charge < -0.3 is 4.43 Å². The molecule has 1 saturated carbocycles. The van der Waals surface area contributed by atoms with E-state index >= 15 is 0 Å². The van der Waals surface area contributed by atoms with Crippen molar-refractivity contribution in [2.24, 2.45) is 16.7 Å². The van der Waals surface area contributed by atoms with E-state index in [0.717, 1.165) is 0 Å². The van der Waals surface area contributed by atoms with Gasteiger partial charge in [0.05, 0.1) is 5.60 Å². The molecule has 0 aromatic heterocycles. The largest absolute Gasteiger partial charge is 0.410 e. The molecule has 1 aliphatic rings. The Morgan fingerprint density at radius 3 is 1.81 bits per heavy atom. The molecule has 2 atom stereocenters. The Morgan fingerprint density at radius 2 is 1.48 bits per heavy atom. The van der Waals surface area contributed by atoms with Crippen molar-refractivity contribution in [2.75, 3.05) is 0 Å². The Kier molecular flexibility index (Phi) is 4.91. The van der Waals surface area contributed by atoms with Crippen LogP contribution in [0.1, 0.15) is 81.6 Å². The van der Waals surface area contributed by atoms with Crippen LogP contribution in [0.3, 0.4) is 0 Å². The van der Waals surface area contributed by atoms with Crippen LogP contribution in [0.15, 0.2) is 0 Å². The molecule has 0 N–H and O–H groups in total. The quantitative estimate of drug-likeness (QED) is 0.519. The second kappa shape index (κ2) is 5.37. The fourth-order valence-electron chi connectivity index (χ4n) is 4.61.